The lowest BCUT2D eigenvalue weighted by molar-refractivity contribution is -0.132. The summed E-state index contributed by atoms with van der Waals surface area (Å²) in [6, 6.07) is 11.8. The second kappa shape index (κ2) is 9.18. The van der Waals surface area contributed by atoms with Crippen molar-refractivity contribution in [3.8, 4) is 11.4 Å². The first-order chi connectivity index (χ1) is 14.8. The molecule has 2 amide bonds. The summed E-state index contributed by atoms with van der Waals surface area (Å²) in [5.41, 5.74) is 3.01. The number of H-pyrrole nitrogens is 1. The number of nitrogens with one attached hydrogen (secondary N) is 3. The number of amides is 2. The number of carboxylic acids is 2. The Bertz CT molecular complexity index is 1220. The molecule has 0 unspecified atom stereocenters. The quantitative estimate of drug-likeness (QED) is 0.367. The molecule has 10 heteroatoms. The minimum Gasteiger partial charge on any atom is -0.478 e. The van der Waals surface area contributed by atoms with Crippen molar-refractivity contribution in [3.63, 3.8) is 0 Å². The van der Waals surface area contributed by atoms with E-state index in [-0.39, 0.29) is 0 Å². The third-order valence-electron chi connectivity index (χ3n) is 3.93. The van der Waals surface area contributed by atoms with Gasteiger partial charge in [-0.3, -0.25) is 9.59 Å². The average Bonchev–Trinajstić information content (AvgIpc) is 3.14. The van der Waals surface area contributed by atoms with Crippen molar-refractivity contribution in [2.75, 3.05) is 10.6 Å². The molecule has 0 aliphatic rings. The van der Waals surface area contributed by atoms with Crippen LogP contribution < -0.4 is 10.6 Å². The summed E-state index contributed by atoms with van der Waals surface area (Å²) in [5.74, 6) is -3.00. The number of carboxylic acid groups (broad SMARTS) is 2. The van der Waals surface area contributed by atoms with Crippen LogP contribution in [0.2, 0.25) is 0 Å². The number of rotatable bonds is 7. The maximum Gasteiger partial charge on any atom is 0.328 e. The summed E-state index contributed by atoms with van der Waals surface area (Å²) >= 11 is 0. The van der Waals surface area contributed by atoms with Crippen LogP contribution in [-0.2, 0) is 19.2 Å². The second-order valence-electron chi connectivity index (χ2n) is 6.22. The highest BCUT2D eigenvalue weighted by atomic mass is 16.4. The molecule has 0 spiro atoms. The number of carbonyl (C=O) groups excluding carboxylic acids is 2. The molecule has 0 radical (unpaired) electrons. The number of fused-ring (bicyclic) bond motifs is 1. The molecule has 3 rings (SSSR count). The number of carbonyl (C=O) groups is 4. The van der Waals surface area contributed by atoms with Crippen molar-refractivity contribution < 1.29 is 29.4 Å². The van der Waals surface area contributed by atoms with Crippen molar-refractivity contribution in [2.24, 2.45) is 0 Å². The zero-order valence-corrected chi connectivity index (χ0v) is 15.8. The molecule has 0 aliphatic heterocycles. The van der Waals surface area contributed by atoms with Crippen LogP contribution >= 0.6 is 0 Å². The summed E-state index contributed by atoms with van der Waals surface area (Å²) in [4.78, 5) is 51.9. The lowest BCUT2D eigenvalue weighted by Gasteiger charge is -2.03. The normalized spacial score (nSPS) is 11.1. The van der Waals surface area contributed by atoms with Gasteiger partial charge in [0, 0.05) is 41.2 Å². The summed E-state index contributed by atoms with van der Waals surface area (Å²) in [7, 11) is 0. The van der Waals surface area contributed by atoms with Gasteiger partial charge in [0.15, 0.2) is 0 Å². The van der Waals surface area contributed by atoms with Gasteiger partial charge in [-0.1, -0.05) is 0 Å². The molecule has 1 aromatic heterocycles. The van der Waals surface area contributed by atoms with Gasteiger partial charge < -0.3 is 25.8 Å². The minimum absolute atomic E-state index is 0.468. The first-order valence-electron chi connectivity index (χ1n) is 8.84. The van der Waals surface area contributed by atoms with Crippen molar-refractivity contribution in [1.29, 1.82) is 0 Å². The summed E-state index contributed by atoms with van der Waals surface area (Å²) in [5, 5.41) is 22.2. The highest BCUT2D eigenvalue weighted by Crippen LogP contribution is 2.24. The predicted octanol–water partition coefficient (Wildman–Crippen LogP) is 2.39. The van der Waals surface area contributed by atoms with Gasteiger partial charge in [0.2, 0.25) is 11.8 Å². The molecule has 1 heterocycles. The molecule has 0 aliphatic carbocycles. The van der Waals surface area contributed by atoms with Gasteiger partial charge in [0.1, 0.15) is 5.82 Å². The molecule has 3 aromatic rings. The number of anilines is 2. The number of hydrogen-bond donors (Lipinski definition) is 5. The Kier molecular flexibility index (Phi) is 6.21. The van der Waals surface area contributed by atoms with E-state index in [1.807, 2.05) is 0 Å². The van der Waals surface area contributed by atoms with E-state index < -0.39 is 23.8 Å². The van der Waals surface area contributed by atoms with E-state index >= 15 is 0 Å². The van der Waals surface area contributed by atoms with Crippen molar-refractivity contribution >= 4 is 46.2 Å². The Morgan fingerprint density at radius 3 is 1.90 bits per heavy atom. The fraction of sp³-hybridized carbons (Fsp3) is 0. The lowest BCUT2D eigenvalue weighted by atomic mass is 10.2. The monoisotopic (exact) mass is 420 g/mol. The summed E-state index contributed by atoms with van der Waals surface area (Å²) in [6.07, 6.45) is 3.33. The molecular weight excluding hydrogens is 404 g/mol. The Hall–Kier alpha value is -4.73. The summed E-state index contributed by atoms with van der Waals surface area (Å²) in [6.45, 7) is 0. The van der Waals surface area contributed by atoms with E-state index in [4.69, 9.17) is 10.2 Å². The molecule has 0 fully saturated rings. The van der Waals surface area contributed by atoms with Crippen LogP contribution in [0, 0.1) is 0 Å². The third-order valence-corrected chi connectivity index (χ3v) is 3.93. The van der Waals surface area contributed by atoms with Gasteiger partial charge in [-0.05, 0) is 42.5 Å². The minimum atomic E-state index is -1.22. The topological polar surface area (TPSA) is 161 Å². The number of hydrogen-bond acceptors (Lipinski definition) is 5. The van der Waals surface area contributed by atoms with E-state index in [9.17, 15) is 19.2 Å². The smallest absolute Gasteiger partial charge is 0.328 e. The number of aliphatic carboxylic acids is 2. The Morgan fingerprint density at radius 1 is 0.774 bits per heavy atom. The number of imidazole rings is 1. The van der Waals surface area contributed by atoms with Crippen molar-refractivity contribution in [2.45, 2.75) is 0 Å². The predicted molar refractivity (Wildman–Crippen MR) is 112 cm³/mol. The largest absolute Gasteiger partial charge is 0.478 e. The van der Waals surface area contributed by atoms with Crippen LogP contribution in [0.3, 0.4) is 0 Å². The van der Waals surface area contributed by atoms with Crippen LogP contribution in [0.25, 0.3) is 22.4 Å². The molecular formula is C21H16N4O6. The van der Waals surface area contributed by atoms with Crippen LogP contribution in [0.5, 0.6) is 0 Å². The van der Waals surface area contributed by atoms with Crippen molar-refractivity contribution in [1.82, 2.24) is 9.97 Å². The van der Waals surface area contributed by atoms with E-state index in [1.54, 1.807) is 42.5 Å². The van der Waals surface area contributed by atoms with Gasteiger partial charge in [-0.2, -0.15) is 0 Å². The van der Waals surface area contributed by atoms with Crippen LogP contribution in [0.1, 0.15) is 0 Å². The average molecular weight is 420 g/mol. The summed E-state index contributed by atoms with van der Waals surface area (Å²) < 4.78 is 0. The zero-order chi connectivity index (χ0) is 22.4. The number of benzene rings is 2. The van der Waals surface area contributed by atoms with Gasteiger partial charge in [-0.15, -0.1) is 0 Å². The first-order valence-corrected chi connectivity index (χ1v) is 8.84. The van der Waals surface area contributed by atoms with E-state index in [0.29, 0.717) is 28.2 Å². The molecule has 0 bridgehead atoms. The second-order valence-corrected chi connectivity index (χ2v) is 6.22. The number of aromatic amines is 1. The van der Waals surface area contributed by atoms with E-state index in [2.05, 4.69) is 20.6 Å². The molecule has 0 saturated carbocycles. The standard InChI is InChI=1S/C21H16N4O6/c26-17(7-9-19(28)29)22-13-3-1-12(2-4-13)21-24-15-6-5-14(11-16(15)25-21)23-18(27)8-10-20(30)31/h1-11H,(H,22,26)(H,23,27)(H,24,25)(H,28,29)(H,30,31). The van der Waals surface area contributed by atoms with Crippen LogP contribution in [0.4, 0.5) is 11.4 Å². The van der Waals surface area contributed by atoms with E-state index in [0.717, 1.165) is 29.9 Å². The molecule has 10 nitrogen and oxygen atoms in total. The highest BCUT2D eigenvalue weighted by Gasteiger charge is 2.08. The molecule has 0 saturated heterocycles. The number of aromatic nitrogens is 2. The Morgan fingerprint density at radius 2 is 1.32 bits per heavy atom. The number of nitrogens with zero attached hydrogens (tertiary/aromatic N) is 1. The highest BCUT2D eigenvalue weighted by molar-refractivity contribution is 6.03. The van der Waals surface area contributed by atoms with E-state index in [1.165, 1.54) is 0 Å². The Labute approximate surface area is 174 Å². The van der Waals surface area contributed by atoms with Gasteiger partial charge >= 0.3 is 11.9 Å². The zero-order valence-electron chi connectivity index (χ0n) is 15.8. The third kappa shape index (κ3) is 5.87. The Balaban J connectivity index is 1.73. The molecule has 0 atom stereocenters. The van der Waals surface area contributed by atoms with Crippen LogP contribution in [-0.4, -0.2) is 43.9 Å². The van der Waals surface area contributed by atoms with Crippen LogP contribution in [0.15, 0.2) is 66.8 Å². The fourth-order valence-corrected chi connectivity index (χ4v) is 2.60. The van der Waals surface area contributed by atoms with Gasteiger partial charge in [0.25, 0.3) is 0 Å². The fourth-order valence-electron chi connectivity index (χ4n) is 2.60. The molecule has 2 aromatic carbocycles. The molecule has 156 valence electrons. The molecule has 31 heavy (non-hydrogen) atoms. The first kappa shape index (κ1) is 21.0. The van der Waals surface area contributed by atoms with Crippen molar-refractivity contribution in [3.05, 3.63) is 66.8 Å². The van der Waals surface area contributed by atoms with Gasteiger partial charge in [-0.25, -0.2) is 14.6 Å². The maximum atomic E-state index is 11.7. The van der Waals surface area contributed by atoms with Gasteiger partial charge in [0.05, 0.1) is 11.0 Å². The lowest BCUT2D eigenvalue weighted by Crippen LogP contribution is -2.08. The SMILES string of the molecule is O=C(O)C=CC(=O)Nc1ccc(-c2nc3ccc(NC(=O)C=CC(=O)O)cc3[nH]2)cc1. The molecule has 5 N–H and O–H groups in total. The maximum absolute atomic E-state index is 11.7.